The molecule has 0 radical (unpaired) electrons. The van der Waals surface area contributed by atoms with E-state index in [0.29, 0.717) is 12.8 Å². The predicted octanol–water partition coefficient (Wildman–Crippen LogP) is 13.4. The van der Waals surface area contributed by atoms with Crippen LogP contribution < -0.4 is 0 Å². The number of hydrogen-bond acceptors (Lipinski definition) is 5. The second kappa shape index (κ2) is 41.3. The van der Waals surface area contributed by atoms with E-state index in [2.05, 4.69) is 62.5 Å². The van der Waals surface area contributed by atoms with Gasteiger partial charge in [-0.3, -0.25) is 9.59 Å². The van der Waals surface area contributed by atoms with Crippen LogP contribution in [0.3, 0.4) is 0 Å². The largest absolute Gasteiger partial charge is 0.462 e. The zero-order valence-corrected chi connectivity index (χ0v) is 32.9. The van der Waals surface area contributed by atoms with Crippen molar-refractivity contribution in [3.63, 3.8) is 0 Å². The highest BCUT2D eigenvalue weighted by Crippen LogP contribution is 2.13. The quantitative estimate of drug-likeness (QED) is 0.0394. The summed E-state index contributed by atoms with van der Waals surface area (Å²) in [6, 6.07) is 0. The molecule has 5 nitrogen and oxygen atoms in total. The van der Waals surface area contributed by atoms with Gasteiger partial charge < -0.3 is 14.6 Å². The van der Waals surface area contributed by atoms with Crippen molar-refractivity contribution in [3.05, 3.63) is 48.6 Å². The van der Waals surface area contributed by atoms with Gasteiger partial charge in [-0.15, -0.1) is 0 Å². The Hall–Kier alpha value is -2.14. The van der Waals surface area contributed by atoms with E-state index in [1.54, 1.807) is 0 Å². The predicted molar refractivity (Wildman–Crippen MR) is 214 cm³/mol. The molecule has 5 heteroatoms. The molecule has 0 aromatic rings. The fourth-order valence-electron chi connectivity index (χ4n) is 5.85. The molecule has 1 atom stereocenters. The van der Waals surface area contributed by atoms with Crippen LogP contribution >= 0.6 is 0 Å². The number of unbranched alkanes of at least 4 members (excludes halogenated alkanes) is 22. The van der Waals surface area contributed by atoms with E-state index in [0.717, 1.165) is 64.2 Å². The molecule has 0 bridgehead atoms. The van der Waals surface area contributed by atoms with E-state index < -0.39 is 6.10 Å². The second-order valence-corrected chi connectivity index (χ2v) is 14.1. The van der Waals surface area contributed by atoms with Crippen molar-refractivity contribution < 1.29 is 24.2 Å². The van der Waals surface area contributed by atoms with Crippen molar-refractivity contribution in [3.8, 4) is 0 Å². The number of carbonyl (C=O) groups is 2. The normalized spacial score (nSPS) is 12.6. The Morgan fingerprint density at radius 3 is 1.26 bits per heavy atom. The summed E-state index contributed by atoms with van der Waals surface area (Å²) in [4.78, 5) is 24.3. The topological polar surface area (TPSA) is 72.8 Å². The van der Waals surface area contributed by atoms with Gasteiger partial charge in [-0.25, -0.2) is 0 Å². The summed E-state index contributed by atoms with van der Waals surface area (Å²) in [5.74, 6) is -0.617. The van der Waals surface area contributed by atoms with E-state index in [1.165, 1.54) is 116 Å². The lowest BCUT2D eigenvalue weighted by molar-refractivity contribution is -0.161. The van der Waals surface area contributed by atoms with Crippen molar-refractivity contribution in [2.24, 2.45) is 0 Å². The number of hydrogen-bond donors (Lipinski definition) is 1. The van der Waals surface area contributed by atoms with Gasteiger partial charge in [0.05, 0.1) is 6.61 Å². The van der Waals surface area contributed by atoms with Gasteiger partial charge in [0.15, 0.2) is 6.10 Å². The molecule has 0 aliphatic carbocycles. The minimum atomic E-state index is -0.782. The molecule has 0 aliphatic rings. The maximum atomic E-state index is 12.2. The lowest BCUT2D eigenvalue weighted by Crippen LogP contribution is -2.28. The van der Waals surface area contributed by atoms with E-state index in [9.17, 15) is 14.7 Å². The Morgan fingerprint density at radius 1 is 0.460 bits per heavy atom. The molecule has 0 heterocycles. The third-order valence-electron chi connectivity index (χ3n) is 9.10. The Bertz CT molecular complexity index is 842. The first-order valence-corrected chi connectivity index (χ1v) is 21.2. The molecule has 0 unspecified atom stereocenters. The summed E-state index contributed by atoms with van der Waals surface area (Å²) in [5, 5.41) is 9.57. The maximum absolute atomic E-state index is 12.2. The van der Waals surface area contributed by atoms with Gasteiger partial charge in [0, 0.05) is 12.8 Å². The molecule has 0 rings (SSSR count). The standard InChI is InChI=1S/C45H80O5/c1-3-5-7-9-11-13-15-17-19-21-22-24-26-28-30-32-34-36-38-40-45(48)50-43(41-46)42-49-44(47)39-37-35-33-31-29-27-25-23-20-18-16-14-12-10-8-6-4-2/h12,14,17-20,25,27,43,46H,3-11,13,15-16,21-24,26,28-42H2,1-2H3/b14-12+,19-17+,20-18+,27-25+/t43-/m0/s1. The molecule has 0 fully saturated rings. The van der Waals surface area contributed by atoms with Gasteiger partial charge in [-0.2, -0.15) is 0 Å². The Labute approximate surface area is 309 Å². The summed E-state index contributed by atoms with van der Waals surface area (Å²) < 4.78 is 10.6. The van der Waals surface area contributed by atoms with Crippen molar-refractivity contribution in [2.45, 2.75) is 213 Å². The molecule has 0 saturated carbocycles. The summed E-state index contributed by atoms with van der Waals surface area (Å²) in [6.45, 7) is 4.09. The molecular formula is C45H80O5. The zero-order valence-electron chi connectivity index (χ0n) is 32.9. The van der Waals surface area contributed by atoms with Crippen LogP contribution in [0.5, 0.6) is 0 Å². The first-order chi connectivity index (χ1) is 24.6. The van der Waals surface area contributed by atoms with Gasteiger partial charge in [-0.05, 0) is 77.0 Å². The van der Waals surface area contributed by atoms with Gasteiger partial charge >= 0.3 is 11.9 Å². The third-order valence-corrected chi connectivity index (χ3v) is 9.10. The molecule has 0 spiro atoms. The minimum absolute atomic E-state index is 0.0783. The van der Waals surface area contributed by atoms with Crippen molar-refractivity contribution in [1.82, 2.24) is 0 Å². The molecule has 0 aromatic carbocycles. The van der Waals surface area contributed by atoms with Crippen LogP contribution in [0.25, 0.3) is 0 Å². The first kappa shape index (κ1) is 47.9. The molecule has 0 amide bonds. The van der Waals surface area contributed by atoms with E-state index >= 15 is 0 Å². The van der Waals surface area contributed by atoms with Crippen LogP contribution in [0.2, 0.25) is 0 Å². The van der Waals surface area contributed by atoms with E-state index in [1.807, 2.05) is 0 Å². The van der Waals surface area contributed by atoms with Crippen molar-refractivity contribution in [1.29, 1.82) is 0 Å². The molecule has 0 aliphatic heterocycles. The highest BCUT2D eigenvalue weighted by molar-refractivity contribution is 5.70. The lowest BCUT2D eigenvalue weighted by Gasteiger charge is -2.15. The van der Waals surface area contributed by atoms with Crippen LogP contribution in [0.1, 0.15) is 206 Å². The number of carbonyl (C=O) groups excluding carboxylic acids is 2. The number of ether oxygens (including phenoxy) is 2. The van der Waals surface area contributed by atoms with Gasteiger partial charge in [0.2, 0.25) is 0 Å². The van der Waals surface area contributed by atoms with Crippen LogP contribution in [-0.2, 0) is 19.1 Å². The van der Waals surface area contributed by atoms with E-state index in [4.69, 9.17) is 9.47 Å². The third kappa shape index (κ3) is 38.7. The molecule has 50 heavy (non-hydrogen) atoms. The summed E-state index contributed by atoms with van der Waals surface area (Å²) in [5.41, 5.74) is 0. The van der Waals surface area contributed by atoms with Crippen LogP contribution in [0.15, 0.2) is 48.6 Å². The summed E-state index contributed by atoms with van der Waals surface area (Å²) in [7, 11) is 0. The maximum Gasteiger partial charge on any atom is 0.306 e. The second-order valence-electron chi connectivity index (χ2n) is 14.1. The fourth-order valence-corrected chi connectivity index (χ4v) is 5.85. The molecule has 0 saturated heterocycles. The van der Waals surface area contributed by atoms with E-state index in [-0.39, 0.29) is 25.2 Å². The smallest absolute Gasteiger partial charge is 0.306 e. The highest BCUT2D eigenvalue weighted by atomic mass is 16.6. The van der Waals surface area contributed by atoms with Crippen molar-refractivity contribution in [2.75, 3.05) is 13.2 Å². The average Bonchev–Trinajstić information content (AvgIpc) is 3.12. The van der Waals surface area contributed by atoms with Crippen LogP contribution in [-0.4, -0.2) is 36.4 Å². The van der Waals surface area contributed by atoms with Gasteiger partial charge in [0.1, 0.15) is 6.61 Å². The Morgan fingerprint density at radius 2 is 0.800 bits per heavy atom. The molecule has 1 N–H and O–H groups in total. The summed E-state index contributed by atoms with van der Waals surface area (Å²) in [6.07, 6.45) is 51.7. The SMILES string of the molecule is CCCCC/C=C/C/C=C/C/C=C/CCCCCCC(=O)OC[C@H](CO)OC(=O)CCCCCCCCCCC/C=C/CCCCCCCC. The number of rotatable bonds is 38. The Kier molecular flexibility index (Phi) is 39.5. The number of aliphatic hydroxyl groups excluding tert-OH is 1. The van der Waals surface area contributed by atoms with Crippen molar-refractivity contribution >= 4 is 11.9 Å². The number of allylic oxidation sites excluding steroid dienone is 8. The highest BCUT2D eigenvalue weighted by Gasteiger charge is 2.16. The first-order valence-electron chi connectivity index (χ1n) is 21.2. The minimum Gasteiger partial charge on any atom is -0.462 e. The Balaban J connectivity index is 3.58. The molecular weight excluding hydrogens is 620 g/mol. The monoisotopic (exact) mass is 701 g/mol. The molecule has 290 valence electrons. The lowest BCUT2D eigenvalue weighted by atomic mass is 10.1. The van der Waals surface area contributed by atoms with Crippen LogP contribution in [0, 0.1) is 0 Å². The number of esters is 2. The summed E-state index contributed by atoms with van der Waals surface area (Å²) >= 11 is 0. The zero-order chi connectivity index (χ0) is 36.4. The number of aliphatic hydroxyl groups is 1. The fraction of sp³-hybridized carbons (Fsp3) is 0.778. The van der Waals surface area contributed by atoms with Gasteiger partial charge in [-0.1, -0.05) is 165 Å². The molecule has 0 aromatic heterocycles. The van der Waals surface area contributed by atoms with Crippen LogP contribution in [0.4, 0.5) is 0 Å². The van der Waals surface area contributed by atoms with Gasteiger partial charge in [0.25, 0.3) is 0 Å². The average molecular weight is 701 g/mol.